The Bertz CT molecular complexity index is 1190. The highest BCUT2D eigenvalue weighted by atomic mass is 19.4. The standard InChI is InChI=1S/C22H22F3N5O/c1-11-28-20-17-5-3-4-16(17)19(26)9-18(20)21(29-11)27-10-13-6-14(22(23,24)25)8-15(7-13)30-12(2)31/h6-9H,3-5,10,26H2,1-2H3,(H,30,31)(H,27,28,29). The second kappa shape index (κ2) is 7.72. The molecule has 162 valence electrons. The van der Waals surface area contributed by atoms with Crippen LogP contribution in [0.4, 0.5) is 30.4 Å². The Morgan fingerprint density at radius 2 is 1.87 bits per heavy atom. The molecule has 9 heteroatoms. The fourth-order valence-corrected chi connectivity index (χ4v) is 4.07. The summed E-state index contributed by atoms with van der Waals surface area (Å²) in [6, 6.07) is 5.31. The van der Waals surface area contributed by atoms with Crippen LogP contribution in [0.5, 0.6) is 0 Å². The van der Waals surface area contributed by atoms with E-state index in [4.69, 9.17) is 5.73 Å². The first kappa shape index (κ1) is 20.9. The van der Waals surface area contributed by atoms with Gasteiger partial charge in [-0.15, -0.1) is 0 Å². The van der Waals surface area contributed by atoms with E-state index in [9.17, 15) is 18.0 Å². The van der Waals surface area contributed by atoms with Gasteiger partial charge in [-0.25, -0.2) is 9.97 Å². The summed E-state index contributed by atoms with van der Waals surface area (Å²) < 4.78 is 39.9. The van der Waals surface area contributed by atoms with Crippen molar-refractivity contribution < 1.29 is 18.0 Å². The molecule has 6 nitrogen and oxygen atoms in total. The van der Waals surface area contributed by atoms with Crippen molar-refractivity contribution >= 4 is 34.0 Å². The van der Waals surface area contributed by atoms with Crippen LogP contribution < -0.4 is 16.4 Å². The topological polar surface area (TPSA) is 92.9 Å². The fraction of sp³-hybridized carbons (Fsp3) is 0.318. The SMILES string of the molecule is CC(=O)Nc1cc(CNc2nc(C)nc3c4c(c(N)cc23)CCC4)cc(C(F)(F)F)c1. The number of carbonyl (C=O) groups excluding carboxylic acids is 1. The minimum Gasteiger partial charge on any atom is -0.398 e. The van der Waals surface area contributed by atoms with Crippen LogP contribution in [-0.2, 0) is 30.4 Å². The highest BCUT2D eigenvalue weighted by molar-refractivity contribution is 5.95. The Hall–Kier alpha value is -3.36. The summed E-state index contributed by atoms with van der Waals surface area (Å²) >= 11 is 0. The average molecular weight is 429 g/mol. The maximum Gasteiger partial charge on any atom is 0.416 e. The second-order valence-corrected chi connectivity index (χ2v) is 7.74. The molecule has 0 aliphatic heterocycles. The molecule has 0 atom stereocenters. The van der Waals surface area contributed by atoms with E-state index in [0.29, 0.717) is 22.9 Å². The lowest BCUT2D eigenvalue weighted by Crippen LogP contribution is -2.12. The molecule has 1 heterocycles. The van der Waals surface area contributed by atoms with Gasteiger partial charge in [0, 0.05) is 30.2 Å². The van der Waals surface area contributed by atoms with Crippen molar-refractivity contribution in [2.75, 3.05) is 16.4 Å². The van der Waals surface area contributed by atoms with E-state index in [1.165, 1.54) is 13.0 Å². The van der Waals surface area contributed by atoms with E-state index in [-0.39, 0.29) is 12.2 Å². The lowest BCUT2D eigenvalue weighted by Gasteiger charge is -2.15. The molecule has 3 aromatic rings. The number of hydrogen-bond donors (Lipinski definition) is 3. The predicted octanol–water partition coefficient (Wildman–Crippen LogP) is 4.60. The van der Waals surface area contributed by atoms with Gasteiger partial charge in [-0.1, -0.05) is 0 Å². The number of anilines is 3. The molecule has 0 radical (unpaired) electrons. The van der Waals surface area contributed by atoms with Gasteiger partial charge in [0.1, 0.15) is 11.6 Å². The molecule has 0 bridgehead atoms. The van der Waals surface area contributed by atoms with Crippen LogP contribution in [0.1, 0.15) is 41.4 Å². The first-order chi connectivity index (χ1) is 14.6. The van der Waals surface area contributed by atoms with Gasteiger partial charge in [-0.2, -0.15) is 13.2 Å². The highest BCUT2D eigenvalue weighted by Gasteiger charge is 2.31. The Morgan fingerprint density at radius 1 is 1.13 bits per heavy atom. The number of hydrogen-bond acceptors (Lipinski definition) is 5. The van der Waals surface area contributed by atoms with Crippen molar-refractivity contribution in [2.45, 2.75) is 45.8 Å². The summed E-state index contributed by atoms with van der Waals surface area (Å²) in [5.74, 6) is 0.638. The van der Waals surface area contributed by atoms with E-state index >= 15 is 0 Å². The quantitative estimate of drug-likeness (QED) is 0.527. The number of nitrogens with one attached hydrogen (secondary N) is 2. The zero-order valence-electron chi connectivity index (χ0n) is 17.2. The summed E-state index contributed by atoms with van der Waals surface area (Å²) in [6.07, 6.45) is -1.71. The molecule has 0 spiro atoms. The van der Waals surface area contributed by atoms with Gasteiger partial charge in [0.15, 0.2) is 0 Å². The Balaban J connectivity index is 1.71. The number of fused-ring (bicyclic) bond motifs is 3. The van der Waals surface area contributed by atoms with E-state index in [1.54, 1.807) is 6.92 Å². The molecule has 1 aromatic heterocycles. The summed E-state index contributed by atoms with van der Waals surface area (Å²) in [4.78, 5) is 20.4. The summed E-state index contributed by atoms with van der Waals surface area (Å²) in [6.45, 7) is 3.11. The number of rotatable bonds is 4. The number of aryl methyl sites for hydroxylation is 2. The second-order valence-electron chi connectivity index (χ2n) is 7.74. The molecule has 1 amide bonds. The summed E-state index contributed by atoms with van der Waals surface area (Å²) in [5.41, 5.74) is 9.61. The fourth-order valence-electron chi connectivity index (χ4n) is 4.07. The molecular weight excluding hydrogens is 407 g/mol. The van der Waals surface area contributed by atoms with Gasteiger partial charge in [-0.05, 0) is 67.1 Å². The van der Waals surface area contributed by atoms with Crippen LogP contribution in [0.3, 0.4) is 0 Å². The molecular formula is C22H22F3N5O. The number of alkyl halides is 3. The number of halogens is 3. The number of aromatic nitrogens is 2. The Labute approximate surface area is 177 Å². The third-order valence-corrected chi connectivity index (χ3v) is 5.31. The number of benzene rings is 2. The minimum atomic E-state index is -4.53. The molecule has 1 aliphatic rings. The van der Waals surface area contributed by atoms with E-state index in [1.807, 2.05) is 6.07 Å². The third-order valence-electron chi connectivity index (χ3n) is 5.31. The van der Waals surface area contributed by atoms with Crippen LogP contribution in [0.2, 0.25) is 0 Å². The monoisotopic (exact) mass is 429 g/mol. The summed E-state index contributed by atoms with van der Waals surface area (Å²) in [7, 11) is 0. The number of nitrogen functional groups attached to an aromatic ring is 1. The molecule has 0 fully saturated rings. The molecule has 1 aliphatic carbocycles. The lowest BCUT2D eigenvalue weighted by molar-refractivity contribution is -0.137. The van der Waals surface area contributed by atoms with Gasteiger partial charge in [-0.3, -0.25) is 4.79 Å². The van der Waals surface area contributed by atoms with Crippen LogP contribution in [0, 0.1) is 6.92 Å². The molecule has 4 rings (SSSR count). The molecule has 0 saturated heterocycles. The third kappa shape index (κ3) is 4.26. The van der Waals surface area contributed by atoms with Gasteiger partial charge >= 0.3 is 6.18 Å². The normalized spacial score (nSPS) is 13.3. The Morgan fingerprint density at radius 3 is 2.58 bits per heavy atom. The van der Waals surface area contributed by atoms with Gasteiger partial charge in [0.05, 0.1) is 11.1 Å². The molecule has 2 aromatic carbocycles. The molecule has 0 unspecified atom stereocenters. The van der Waals surface area contributed by atoms with Crippen LogP contribution in [-0.4, -0.2) is 15.9 Å². The largest absolute Gasteiger partial charge is 0.416 e. The van der Waals surface area contributed by atoms with Crippen molar-refractivity contribution in [1.82, 2.24) is 9.97 Å². The van der Waals surface area contributed by atoms with Gasteiger partial charge in [0.25, 0.3) is 0 Å². The maximum atomic E-state index is 13.3. The smallest absolute Gasteiger partial charge is 0.398 e. The van der Waals surface area contributed by atoms with Crippen molar-refractivity contribution in [2.24, 2.45) is 0 Å². The van der Waals surface area contributed by atoms with Crippen molar-refractivity contribution in [1.29, 1.82) is 0 Å². The number of nitrogens with two attached hydrogens (primary N) is 1. The minimum absolute atomic E-state index is 0.0824. The van der Waals surface area contributed by atoms with Crippen molar-refractivity contribution in [3.8, 4) is 0 Å². The molecule has 4 N–H and O–H groups in total. The highest BCUT2D eigenvalue weighted by Crippen LogP contribution is 2.36. The molecule has 0 saturated carbocycles. The van der Waals surface area contributed by atoms with E-state index in [2.05, 4.69) is 20.6 Å². The van der Waals surface area contributed by atoms with Gasteiger partial charge < -0.3 is 16.4 Å². The van der Waals surface area contributed by atoms with Crippen LogP contribution in [0.15, 0.2) is 24.3 Å². The first-order valence-corrected chi connectivity index (χ1v) is 9.93. The van der Waals surface area contributed by atoms with Crippen molar-refractivity contribution in [3.63, 3.8) is 0 Å². The van der Waals surface area contributed by atoms with Crippen LogP contribution in [0.25, 0.3) is 10.9 Å². The van der Waals surface area contributed by atoms with Gasteiger partial charge in [0.2, 0.25) is 5.91 Å². The van der Waals surface area contributed by atoms with E-state index < -0.39 is 17.6 Å². The van der Waals surface area contributed by atoms with Crippen molar-refractivity contribution in [3.05, 3.63) is 52.3 Å². The van der Waals surface area contributed by atoms with E-state index in [0.717, 1.165) is 53.4 Å². The number of nitrogens with zero attached hydrogens (tertiary/aromatic N) is 2. The number of carbonyl (C=O) groups is 1. The first-order valence-electron chi connectivity index (χ1n) is 9.93. The number of amides is 1. The zero-order chi connectivity index (χ0) is 22.3. The predicted molar refractivity (Wildman–Crippen MR) is 114 cm³/mol. The lowest BCUT2D eigenvalue weighted by atomic mass is 10.0. The Kier molecular flexibility index (Phi) is 5.20. The maximum absolute atomic E-state index is 13.3. The average Bonchev–Trinajstić information content (AvgIpc) is 3.16. The summed E-state index contributed by atoms with van der Waals surface area (Å²) in [5, 5.41) is 6.31. The molecule has 31 heavy (non-hydrogen) atoms. The van der Waals surface area contributed by atoms with Crippen LogP contribution >= 0.6 is 0 Å². The zero-order valence-corrected chi connectivity index (χ0v) is 17.2.